The Labute approximate surface area is 163 Å². The van der Waals surface area contributed by atoms with E-state index in [1.807, 2.05) is 24.3 Å². The zero-order chi connectivity index (χ0) is 19.6. The summed E-state index contributed by atoms with van der Waals surface area (Å²) in [5, 5.41) is 0.512. The smallest absolute Gasteiger partial charge is 0.313 e. The molecule has 2 aromatic carbocycles. The first kappa shape index (κ1) is 19.4. The second kappa shape index (κ2) is 8.11. The number of ketones is 1. The Morgan fingerprint density at radius 3 is 2.67 bits per heavy atom. The Hall–Kier alpha value is -2.37. The van der Waals surface area contributed by atoms with E-state index in [2.05, 4.69) is 0 Å². The molecule has 0 saturated heterocycles. The molecule has 1 aliphatic carbocycles. The van der Waals surface area contributed by atoms with Gasteiger partial charge in [-0.2, -0.15) is 0 Å². The lowest BCUT2D eigenvalue weighted by Gasteiger charge is -2.19. The van der Waals surface area contributed by atoms with E-state index in [-0.39, 0.29) is 24.7 Å². The minimum Gasteiger partial charge on any atom is -0.493 e. The number of esters is 1. The number of halogens is 1. The zero-order valence-corrected chi connectivity index (χ0v) is 16.3. The molecule has 0 heterocycles. The molecule has 0 spiro atoms. The molecule has 3 rings (SSSR count). The van der Waals surface area contributed by atoms with Crippen LogP contribution in [0.15, 0.2) is 30.3 Å². The van der Waals surface area contributed by atoms with Crippen molar-refractivity contribution in [2.75, 3.05) is 20.8 Å². The maximum atomic E-state index is 12.4. The molecular weight excluding hydrogens is 368 g/mol. The minimum absolute atomic E-state index is 0.0822. The molecule has 1 atom stereocenters. The highest BCUT2D eigenvalue weighted by Crippen LogP contribution is 2.46. The van der Waals surface area contributed by atoms with E-state index < -0.39 is 5.97 Å². The summed E-state index contributed by atoms with van der Waals surface area (Å²) in [6.07, 6.45) is 0.462. The summed E-state index contributed by atoms with van der Waals surface area (Å²) in [6.45, 7) is 2.07. The number of rotatable bonds is 6. The Morgan fingerprint density at radius 1 is 1.22 bits per heavy atom. The first-order valence-electron chi connectivity index (χ1n) is 8.66. The van der Waals surface area contributed by atoms with Gasteiger partial charge in [0.2, 0.25) is 0 Å². The molecule has 1 unspecified atom stereocenters. The van der Waals surface area contributed by atoms with Crippen LogP contribution < -0.4 is 9.47 Å². The zero-order valence-electron chi connectivity index (χ0n) is 15.5. The topological polar surface area (TPSA) is 61.8 Å². The highest BCUT2D eigenvalue weighted by atomic mass is 35.5. The van der Waals surface area contributed by atoms with E-state index in [0.717, 1.165) is 11.1 Å². The van der Waals surface area contributed by atoms with Crippen LogP contribution in [0, 0.1) is 6.92 Å². The first-order chi connectivity index (χ1) is 13.0. The summed E-state index contributed by atoms with van der Waals surface area (Å²) in [5.41, 5.74) is 3.07. The molecule has 0 radical (unpaired) electrons. The second-order valence-electron chi connectivity index (χ2n) is 6.42. The Morgan fingerprint density at radius 2 is 1.96 bits per heavy atom. The third-order valence-electron chi connectivity index (χ3n) is 4.77. The minimum atomic E-state index is -0.425. The van der Waals surface area contributed by atoms with Crippen molar-refractivity contribution < 1.29 is 23.8 Å². The number of benzene rings is 2. The fraction of sp³-hybridized carbons (Fsp3) is 0.333. The highest BCUT2D eigenvalue weighted by Gasteiger charge is 2.33. The predicted octanol–water partition coefficient (Wildman–Crippen LogP) is 4.32. The number of hydrogen-bond donors (Lipinski definition) is 0. The first-order valence-corrected chi connectivity index (χ1v) is 9.04. The number of carbonyl (C=O) groups excluding carboxylic acids is 2. The summed E-state index contributed by atoms with van der Waals surface area (Å²) < 4.78 is 15.8. The van der Waals surface area contributed by atoms with Crippen molar-refractivity contribution >= 4 is 23.4 Å². The largest absolute Gasteiger partial charge is 0.493 e. The Kier molecular flexibility index (Phi) is 5.82. The number of hydrogen-bond acceptors (Lipinski definition) is 5. The normalized spacial score (nSPS) is 15.6. The second-order valence-corrected chi connectivity index (χ2v) is 6.80. The summed E-state index contributed by atoms with van der Waals surface area (Å²) in [6, 6.07) is 9.22. The summed E-state index contributed by atoms with van der Waals surface area (Å²) in [5.74, 6) is 0.186. The van der Waals surface area contributed by atoms with Crippen LogP contribution in [0.25, 0.3) is 0 Å². The Bertz CT molecular complexity index is 890. The highest BCUT2D eigenvalue weighted by molar-refractivity contribution is 6.32. The summed E-state index contributed by atoms with van der Waals surface area (Å²) >= 11 is 6.61. The molecule has 142 valence electrons. The monoisotopic (exact) mass is 388 g/mol. The molecule has 0 aliphatic heterocycles. The van der Waals surface area contributed by atoms with Crippen LogP contribution in [0.3, 0.4) is 0 Å². The lowest BCUT2D eigenvalue weighted by molar-refractivity contribution is -0.135. The van der Waals surface area contributed by atoms with Crippen LogP contribution in [0.5, 0.6) is 11.5 Å². The summed E-state index contributed by atoms with van der Waals surface area (Å²) in [7, 11) is 3.02. The lowest BCUT2D eigenvalue weighted by Crippen LogP contribution is -2.12. The van der Waals surface area contributed by atoms with Crippen molar-refractivity contribution in [1.82, 2.24) is 0 Å². The lowest BCUT2D eigenvalue weighted by atomic mass is 9.91. The maximum absolute atomic E-state index is 12.4. The Balaban J connectivity index is 2.04. The molecule has 0 amide bonds. The van der Waals surface area contributed by atoms with Gasteiger partial charge >= 0.3 is 5.97 Å². The van der Waals surface area contributed by atoms with Gasteiger partial charge in [-0.15, -0.1) is 0 Å². The quantitative estimate of drug-likeness (QED) is 0.544. The van der Waals surface area contributed by atoms with E-state index in [1.54, 1.807) is 13.0 Å². The van der Waals surface area contributed by atoms with Crippen molar-refractivity contribution in [3.63, 3.8) is 0 Å². The van der Waals surface area contributed by atoms with E-state index in [4.69, 9.17) is 25.8 Å². The molecule has 0 saturated carbocycles. The van der Waals surface area contributed by atoms with Crippen LogP contribution in [-0.4, -0.2) is 32.6 Å². The average molecular weight is 389 g/mol. The van der Waals surface area contributed by atoms with Gasteiger partial charge in [-0.1, -0.05) is 35.9 Å². The molecule has 0 N–H and O–H groups in total. The molecule has 5 nitrogen and oxygen atoms in total. The van der Waals surface area contributed by atoms with Crippen molar-refractivity contribution in [3.8, 4) is 11.5 Å². The molecule has 0 aromatic heterocycles. The van der Waals surface area contributed by atoms with Crippen LogP contribution >= 0.6 is 11.6 Å². The van der Waals surface area contributed by atoms with Gasteiger partial charge in [0.1, 0.15) is 0 Å². The van der Waals surface area contributed by atoms with E-state index >= 15 is 0 Å². The SMILES string of the molecule is COCCC(=O)Oc1cc(C2CC(=O)c3ccccc32)c(Cl)c(C)c1OC. The van der Waals surface area contributed by atoms with Gasteiger partial charge in [0.15, 0.2) is 17.3 Å². The van der Waals surface area contributed by atoms with Gasteiger partial charge in [0.05, 0.1) is 25.2 Å². The van der Waals surface area contributed by atoms with Crippen LogP contribution in [0.2, 0.25) is 5.02 Å². The van der Waals surface area contributed by atoms with Crippen LogP contribution in [0.4, 0.5) is 0 Å². The number of methoxy groups -OCH3 is 2. The number of fused-ring (bicyclic) bond motifs is 1. The van der Waals surface area contributed by atoms with Gasteiger partial charge in [-0.3, -0.25) is 9.59 Å². The van der Waals surface area contributed by atoms with Crippen molar-refractivity contribution in [2.45, 2.75) is 25.7 Å². The van der Waals surface area contributed by atoms with Crippen molar-refractivity contribution in [1.29, 1.82) is 0 Å². The van der Waals surface area contributed by atoms with Gasteiger partial charge < -0.3 is 14.2 Å². The van der Waals surface area contributed by atoms with Crippen LogP contribution in [-0.2, 0) is 9.53 Å². The molecule has 27 heavy (non-hydrogen) atoms. The molecule has 2 aromatic rings. The molecule has 6 heteroatoms. The number of carbonyl (C=O) groups is 2. The van der Waals surface area contributed by atoms with Crippen LogP contribution in [0.1, 0.15) is 45.8 Å². The number of ether oxygens (including phenoxy) is 3. The van der Waals surface area contributed by atoms with Gasteiger partial charge in [-0.25, -0.2) is 0 Å². The fourth-order valence-corrected chi connectivity index (χ4v) is 3.72. The van der Waals surface area contributed by atoms with E-state index in [0.29, 0.717) is 34.1 Å². The van der Waals surface area contributed by atoms with Crippen molar-refractivity contribution in [2.24, 2.45) is 0 Å². The number of Topliss-reactive ketones (excluding diaryl/α,β-unsaturated/α-hetero) is 1. The van der Waals surface area contributed by atoms with Crippen molar-refractivity contribution in [3.05, 3.63) is 57.6 Å². The van der Waals surface area contributed by atoms with Gasteiger partial charge in [0, 0.05) is 30.6 Å². The molecule has 0 bridgehead atoms. The fourth-order valence-electron chi connectivity index (χ4n) is 3.45. The average Bonchev–Trinajstić information content (AvgIpc) is 3.00. The third-order valence-corrected chi connectivity index (χ3v) is 5.28. The molecule has 0 fully saturated rings. The van der Waals surface area contributed by atoms with E-state index in [1.165, 1.54) is 14.2 Å². The third kappa shape index (κ3) is 3.70. The van der Waals surface area contributed by atoms with Gasteiger partial charge in [-0.05, 0) is 24.1 Å². The predicted molar refractivity (Wildman–Crippen MR) is 102 cm³/mol. The van der Waals surface area contributed by atoms with E-state index in [9.17, 15) is 9.59 Å². The van der Waals surface area contributed by atoms with Gasteiger partial charge in [0.25, 0.3) is 0 Å². The molecular formula is C21H21ClO5. The maximum Gasteiger partial charge on any atom is 0.313 e. The summed E-state index contributed by atoms with van der Waals surface area (Å²) in [4.78, 5) is 24.5. The standard InChI is InChI=1S/C21H21ClO5/c1-12-20(22)16(15-10-17(23)14-7-5-4-6-13(14)15)11-18(21(12)26-3)27-19(24)8-9-25-2/h4-7,11,15H,8-10H2,1-3H3. The molecule has 1 aliphatic rings.